The number of amides is 2. The summed E-state index contributed by atoms with van der Waals surface area (Å²) in [5.41, 5.74) is 2.35. The van der Waals surface area contributed by atoms with Gasteiger partial charge in [0, 0.05) is 44.4 Å². The van der Waals surface area contributed by atoms with E-state index in [0.29, 0.717) is 31.7 Å². The molecule has 1 saturated heterocycles. The summed E-state index contributed by atoms with van der Waals surface area (Å²) in [6.45, 7) is 5.75. The van der Waals surface area contributed by atoms with E-state index in [2.05, 4.69) is 5.32 Å². The van der Waals surface area contributed by atoms with Crippen molar-refractivity contribution in [1.29, 1.82) is 0 Å². The number of benzene rings is 2. The number of rotatable bonds is 9. The molecule has 0 bridgehead atoms. The minimum atomic E-state index is -3.50. The van der Waals surface area contributed by atoms with E-state index in [1.54, 1.807) is 50.3 Å². The Morgan fingerprint density at radius 1 is 1.09 bits per heavy atom. The molecular formula is C25H31N3O4S. The third-order valence-corrected chi connectivity index (χ3v) is 7.70. The Morgan fingerprint density at radius 2 is 1.82 bits per heavy atom. The maximum atomic E-state index is 12.6. The number of sulfonamides is 1. The average molecular weight is 470 g/mol. The van der Waals surface area contributed by atoms with Crippen LogP contribution in [0.25, 0.3) is 6.08 Å². The first-order chi connectivity index (χ1) is 15.8. The standard InChI is InChI=1S/C25H31N3O4S/c1-3-28(4-2)33(31,32)23-14-11-20(12-15-23)13-16-24(29)26-22-9-7-8-21(18-22)19-27-17-6-5-10-25(27)30/h7-9,11-16,18H,3-6,10,17,19H2,1-2H3,(H,26,29)/b16-13+. The van der Waals surface area contributed by atoms with Gasteiger partial charge >= 0.3 is 0 Å². The SMILES string of the molecule is CCN(CC)S(=O)(=O)c1ccc(/C=C/C(=O)Nc2cccc(CN3CCCCC3=O)c2)cc1. The third-order valence-electron chi connectivity index (χ3n) is 5.64. The van der Waals surface area contributed by atoms with Gasteiger partial charge in [0.05, 0.1) is 4.90 Å². The highest BCUT2D eigenvalue weighted by molar-refractivity contribution is 7.89. The smallest absolute Gasteiger partial charge is 0.248 e. The van der Waals surface area contributed by atoms with Gasteiger partial charge in [0.1, 0.15) is 0 Å². The van der Waals surface area contributed by atoms with Gasteiger partial charge in [0.2, 0.25) is 21.8 Å². The lowest BCUT2D eigenvalue weighted by atomic mass is 10.1. The second kappa shape index (κ2) is 11.2. The van der Waals surface area contributed by atoms with Gasteiger partial charge in [-0.05, 0) is 54.3 Å². The fraction of sp³-hybridized carbons (Fsp3) is 0.360. The topological polar surface area (TPSA) is 86.8 Å². The van der Waals surface area contributed by atoms with Crippen LogP contribution in [-0.4, -0.2) is 49.1 Å². The first-order valence-electron chi connectivity index (χ1n) is 11.3. The van der Waals surface area contributed by atoms with Gasteiger partial charge in [0.25, 0.3) is 0 Å². The molecule has 2 aromatic carbocycles. The van der Waals surface area contributed by atoms with Crippen LogP contribution in [0.5, 0.6) is 0 Å². The Labute approximate surface area is 196 Å². The van der Waals surface area contributed by atoms with E-state index in [9.17, 15) is 18.0 Å². The number of hydrogen-bond donors (Lipinski definition) is 1. The number of carbonyl (C=O) groups is 2. The van der Waals surface area contributed by atoms with Crippen LogP contribution in [-0.2, 0) is 26.2 Å². The Morgan fingerprint density at radius 3 is 2.48 bits per heavy atom. The van der Waals surface area contributed by atoms with Crippen molar-refractivity contribution in [3.63, 3.8) is 0 Å². The zero-order chi connectivity index (χ0) is 23.8. The largest absolute Gasteiger partial charge is 0.338 e. The molecule has 1 aliphatic rings. The highest BCUT2D eigenvalue weighted by atomic mass is 32.2. The minimum Gasteiger partial charge on any atom is -0.338 e. The Balaban J connectivity index is 1.60. The van der Waals surface area contributed by atoms with Crippen LogP contribution < -0.4 is 5.32 Å². The molecule has 176 valence electrons. The Bertz CT molecular complexity index is 1110. The van der Waals surface area contributed by atoms with Crippen LogP contribution >= 0.6 is 0 Å². The maximum absolute atomic E-state index is 12.6. The van der Waals surface area contributed by atoms with E-state index in [1.165, 1.54) is 10.4 Å². The lowest BCUT2D eigenvalue weighted by Gasteiger charge is -2.26. The van der Waals surface area contributed by atoms with Crippen molar-refractivity contribution in [3.8, 4) is 0 Å². The summed E-state index contributed by atoms with van der Waals surface area (Å²) in [6.07, 6.45) is 5.62. The highest BCUT2D eigenvalue weighted by Crippen LogP contribution is 2.18. The van der Waals surface area contributed by atoms with Crippen LogP contribution in [0.15, 0.2) is 59.5 Å². The number of nitrogens with zero attached hydrogens (tertiary/aromatic N) is 2. The summed E-state index contributed by atoms with van der Waals surface area (Å²) in [5.74, 6) is -0.115. The zero-order valence-electron chi connectivity index (χ0n) is 19.2. The maximum Gasteiger partial charge on any atom is 0.248 e. The van der Waals surface area contributed by atoms with Crippen molar-refractivity contribution in [2.45, 2.75) is 44.6 Å². The summed E-state index contributed by atoms with van der Waals surface area (Å²) in [4.78, 5) is 26.5. The molecule has 2 amide bonds. The molecule has 1 N–H and O–H groups in total. The van der Waals surface area contributed by atoms with E-state index in [4.69, 9.17) is 0 Å². The first kappa shape index (κ1) is 24.7. The number of piperidine rings is 1. The molecule has 1 fully saturated rings. The summed E-state index contributed by atoms with van der Waals surface area (Å²) in [6, 6.07) is 13.9. The number of hydrogen-bond acceptors (Lipinski definition) is 4. The highest BCUT2D eigenvalue weighted by Gasteiger charge is 2.21. The van der Waals surface area contributed by atoms with E-state index in [-0.39, 0.29) is 16.7 Å². The normalized spacial score (nSPS) is 14.8. The number of carbonyl (C=O) groups excluding carboxylic acids is 2. The van der Waals surface area contributed by atoms with Crippen LogP contribution in [0, 0.1) is 0 Å². The van der Waals surface area contributed by atoms with Gasteiger partial charge in [-0.1, -0.05) is 38.1 Å². The van der Waals surface area contributed by atoms with Crippen molar-refractivity contribution in [3.05, 3.63) is 65.7 Å². The van der Waals surface area contributed by atoms with Gasteiger partial charge in [0.15, 0.2) is 0 Å². The molecule has 7 nitrogen and oxygen atoms in total. The van der Waals surface area contributed by atoms with Crippen LogP contribution in [0.4, 0.5) is 5.69 Å². The van der Waals surface area contributed by atoms with Crippen molar-refractivity contribution in [2.24, 2.45) is 0 Å². The quantitative estimate of drug-likeness (QED) is 0.565. The Hall–Kier alpha value is -2.97. The van der Waals surface area contributed by atoms with Crippen molar-refractivity contribution in [1.82, 2.24) is 9.21 Å². The van der Waals surface area contributed by atoms with Gasteiger partial charge in [-0.25, -0.2) is 8.42 Å². The molecule has 3 rings (SSSR count). The lowest BCUT2D eigenvalue weighted by Crippen LogP contribution is -2.34. The molecule has 0 unspecified atom stereocenters. The first-order valence-corrected chi connectivity index (χ1v) is 12.7. The molecule has 8 heteroatoms. The van der Waals surface area contributed by atoms with Crippen LogP contribution in [0.2, 0.25) is 0 Å². The summed E-state index contributed by atoms with van der Waals surface area (Å²) in [7, 11) is -3.50. The van der Waals surface area contributed by atoms with Gasteiger partial charge in [-0.2, -0.15) is 4.31 Å². The van der Waals surface area contributed by atoms with E-state index >= 15 is 0 Å². The van der Waals surface area contributed by atoms with E-state index in [1.807, 2.05) is 23.1 Å². The predicted molar refractivity (Wildman–Crippen MR) is 130 cm³/mol. The molecule has 1 heterocycles. The van der Waals surface area contributed by atoms with Crippen molar-refractivity contribution < 1.29 is 18.0 Å². The molecule has 0 atom stereocenters. The molecule has 33 heavy (non-hydrogen) atoms. The fourth-order valence-corrected chi connectivity index (χ4v) is 5.27. The summed E-state index contributed by atoms with van der Waals surface area (Å²) < 4.78 is 26.5. The molecule has 0 radical (unpaired) electrons. The lowest BCUT2D eigenvalue weighted by molar-refractivity contribution is -0.133. The molecule has 0 saturated carbocycles. The number of nitrogens with one attached hydrogen (secondary N) is 1. The molecular weight excluding hydrogens is 438 g/mol. The van der Waals surface area contributed by atoms with Gasteiger partial charge < -0.3 is 10.2 Å². The molecule has 0 aromatic heterocycles. The van der Waals surface area contributed by atoms with E-state index < -0.39 is 10.0 Å². The zero-order valence-corrected chi connectivity index (χ0v) is 20.0. The minimum absolute atomic E-state index is 0.175. The molecule has 2 aromatic rings. The summed E-state index contributed by atoms with van der Waals surface area (Å²) in [5, 5.41) is 2.84. The fourth-order valence-electron chi connectivity index (χ4n) is 3.82. The molecule has 1 aliphatic heterocycles. The molecule has 0 aliphatic carbocycles. The van der Waals surface area contributed by atoms with E-state index in [0.717, 1.165) is 30.5 Å². The Kier molecular flexibility index (Phi) is 8.41. The van der Waals surface area contributed by atoms with Crippen LogP contribution in [0.3, 0.4) is 0 Å². The molecule has 0 spiro atoms. The van der Waals surface area contributed by atoms with Crippen molar-refractivity contribution in [2.75, 3.05) is 25.0 Å². The number of likely N-dealkylation sites (tertiary alicyclic amines) is 1. The number of anilines is 1. The second-order valence-electron chi connectivity index (χ2n) is 7.95. The van der Waals surface area contributed by atoms with Crippen LogP contribution in [0.1, 0.15) is 44.2 Å². The van der Waals surface area contributed by atoms with Gasteiger partial charge in [-0.15, -0.1) is 0 Å². The summed E-state index contributed by atoms with van der Waals surface area (Å²) >= 11 is 0. The monoisotopic (exact) mass is 469 g/mol. The third kappa shape index (κ3) is 6.52. The predicted octanol–water partition coefficient (Wildman–Crippen LogP) is 3.88. The second-order valence-corrected chi connectivity index (χ2v) is 9.89. The van der Waals surface area contributed by atoms with Crippen molar-refractivity contribution >= 4 is 33.6 Å². The average Bonchev–Trinajstić information content (AvgIpc) is 2.80. The van der Waals surface area contributed by atoms with Gasteiger partial charge in [-0.3, -0.25) is 9.59 Å².